The molecule has 2 aromatic carbocycles. The van der Waals surface area contributed by atoms with Crippen molar-refractivity contribution < 1.29 is 17.2 Å². The van der Waals surface area contributed by atoms with E-state index in [0.717, 1.165) is 22.3 Å². The number of rotatable bonds is 7. The number of hydrogen-bond donors (Lipinski definition) is 0. The highest BCUT2D eigenvalue weighted by Crippen LogP contribution is 2.29. The average Bonchev–Trinajstić information content (AvgIpc) is 3.21. The molecule has 34 heavy (non-hydrogen) atoms. The number of aromatic nitrogens is 5. The smallest absolute Gasteiger partial charge is 0.168 e. The molecule has 0 radical (unpaired) electrons. The van der Waals surface area contributed by atoms with Crippen LogP contribution in [0.2, 0.25) is 0 Å². The van der Waals surface area contributed by atoms with Crippen molar-refractivity contribution in [2.45, 2.75) is 37.7 Å². The van der Waals surface area contributed by atoms with E-state index in [1.807, 2.05) is 6.92 Å². The van der Waals surface area contributed by atoms with Crippen molar-refractivity contribution in [3.8, 4) is 17.1 Å². The van der Waals surface area contributed by atoms with Crippen LogP contribution in [0.5, 0.6) is 0 Å². The summed E-state index contributed by atoms with van der Waals surface area (Å²) < 4.78 is 57.4. The standard InChI is InChI=1S/C24H23F2N5O2S/c1-15-12-27-23(28-13-15)16(2)17(3)34(32,33)14-21-29-30-24(18-8-5-4-6-9-18)31(21)22-19(25)10-7-11-20(22)26/h4-13,16-17H,14H2,1-3H3/t16-,17-/m0/s1. The average molecular weight is 484 g/mol. The molecule has 2 atom stereocenters. The molecule has 7 nitrogen and oxygen atoms in total. The lowest BCUT2D eigenvalue weighted by atomic mass is 10.1. The van der Waals surface area contributed by atoms with Crippen LogP contribution in [0.15, 0.2) is 60.9 Å². The highest BCUT2D eigenvalue weighted by Gasteiger charge is 2.32. The fourth-order valence-electron chi connectivity index (χ4n) is 3.59. The molecule has 0 saturated heterocycles. The van der Waals surface area contributed by atoms with E-state index in [0.29, 0.717) is 11.4 Å². The summed E-state index contributed by atoms with van der Waals surface area (Å²) >= 11 is 0. The predicted octanol–water partition coefficient (Wildman–Crippen LogP) is 4.42. The van der Waals surface area contributed by atoms with Gasteiger partial charge in [-0.1, -0.05) is 43.3 Å². The van der Waals surface area contributed by atoms with E-state index in [9.17, 15) is 17.2 Å². The summed E-state index contributed by atoms with van der Waals surface area (Å²) in [6.07, 6.45) is 3.25. The Balaban J connectivity index is 1.77. The number of hydrogen-bond acceptors (Lipinski definition) is 6. The summed E-state index contributed by atoms with van der Waals surface area (Å²) in [4.78, 5) is 8.49. The van der Waals surface area contributed by atoms with Gasteiger partial charge >= 0.3 is 0 Å². The number of benzene rings is 2. The van der Waals surface area contributed by atoms with Crippen molar-refractivity contribution >= 4 is 9.84 Å². The molecule has 0 fully saturated rings. The van der Waals surface area contributed by atoms with E-state index in [1.54, 1.807) is 56.6 Å². The van der Waals surface area contributed by atoms with Gasteiger partial charge in [-0.2, -0.15) is 0 Å². The van der Waals surface area contributed by atoms with E-state index in [2.05, 4.69) is 20.2 Å². The number of nitrogens with zero attached hydrogens (tertiary/aromatic N) is 5. The van der Waals surface area contributed by atoms with Crippen LogP contribution in [0, 0.1) is 18.6 Å². The van der Waals surface area contributed by atoms with Gasteiger partial charge in [-0.15, -0.1) is 10.2 Å². The number of aryl methyl sites for hydroxylation is 1. The Kier molecular flexibility index (Phi) is 6.52. The second-order valence-corrected chi connectivity index (χ2v) is 10.5. The molecule has 0 aliphatic heterocycles. The monoisotopic (exact) mass is 483 g/mol. The molecule has 0 bridgehead atoms. The molecule has 2 aromatic heterocycles. The second-order valence-electron chi connectivity index (χ2n) is 8.13. The van der Waals surface area contributed by atoms with Gasteiger partial charge in [0.05, 0.1) is 5.25 Å². The van der Waals surface area contributed by atoms with Crippen molar-refractivity contribution in [2.24, 2.45) is 0 Å². The van der Waals surface area contributed by atoms with Crippen LogP contribution in [0.3, 0.4) is 0 Å². The fraction of sp³-hybridized carbons (Fsp3) is 0.250. The largest absolute Gasteiger partial charge is 0.272 e. The Morgan fingerprint density at radius 3 is 2.15 bits per heavy atom. The lowest BCUT2D eigenvalue weighted by molar-refractivity contribution is 0.555. The van der Waals surface area contributed by atoms with Crippen LogP contribution in [0.4, 0.5) is 8.78 Å². The van der Waals surface area contributed by atoms with E-state index in [-0.39, 0.29) is 11.6 Å². The van der Waals surface area contributed by atoms with Gasteiger partial charge in [0.1, 0.15) is 28.9 Å². The fourth-order valence-corrected chi connectivity index (χ4v) is 5.15. The van der Waals surface area contributed by atoms with E-state index < -0.39 is 44.1 Å². The highest BCUT2D eigenvalue weighted by atomic mass is 32.2. The Morgan fingerprint density at radius 2 is 1.53 bits per heavy atom. The van der Waals surface area contributed by atoms with Gasteiger partial charge in [0.2, 0.25) is 0 Å². The normalized spacial score (nSPS) is 13.6. The molecule has 0 N–H and O–H groups in total. The lowest BCUT2D eigenvalue weighted by Crippen LogP contribution is -2.27. The maximum Gasteiger partial charge on any atom is 0.168 e. The molecule has 0 unspecified atom stereocenters. The van der Waals surface area contributed by atoms with Gasteiger partial charge in [0.25, 0.3) is 0 Å². The topological polar surface area (TPSA) is 90.6 Å². The molecule has 4 rings (SSSR count). The third-order valence-electron chi connectivity index (χ3n) is 5.73. The highest BCUT2D eigenvalue weighted by molar-refractivity contribution is 7.91. The summed E-state index contributed by atoms with van der Waals surface area (Å²) in [6, 6.07) is 12.1. The molecule has 10 heteroatoms. The molecular weight excluding hydrogens is 460 g/mol. The van der Waals surface area contributed by atoms with Crippen LogP contribution < -0.4 is 0 Å². The first-order valence-corrected chi connectivity index (χ1v) is 12.3. The van der Waals surface area contributed by atoms with Gasteiger partial charge in [-0.25, -0.2) is 27.2 Å². The zero-order valence-corrected chi connectivity index (χ0v) is 19.7. The number of halogens is 2. The maximum atomic E-state index is 14.8. The van der Waals surface area contributed by atoms with Crippen LogP contribution in [0.25, 0.3) is 17.1 Å². The van der Waals surface area contributed by atoms with Crippen molar-refractivity contribution in [1.82, 2.24) is 24.7 Å². The van der Waals surface area contributed by atoms with E-state index in [1.165, 1.54) is 6.07 Å². The molecule has 4 aromatic rings. The summed E-state index contributed by atoms with van der Waals surface area (Å²) in [5.74, 6) is -2.36. The first-order chi connectivity index (χ1) is 16.2. The molecule has 0 aliphatic rings. The maximum absolute atomic E-state index is 14.8. The Hall–Kier alpha value is -3.53. The lowest BCUT2D eigenvalue weighted by Gasteiger charge is -2.19. The molecule has 0 amide bonds. The van der Waals surface area contributed by atoms with Gasteiger partial charge < -0.3 is 0 Å². The SMILES string of the molecule is Cc1cnc([C@@H](C)[C@H](C)S(=O)(=O)Cc2nnc(-c3ccccc3)n2-c2c(F)cccc2F)nc1. The van der Waals surface area contributed by atoms with E-state index in [4.69, 9.17) is 0 Å². The van der Waals surface area contributed by atoms with E-state index >= 15 is 0 Å². The Labute approximate surface area is 196 Å². The Bertz CT molecular complexity index is 1390. The number of sulfone groups is 1. The molecule has 0 aliphatic carbocycles. The zero-order chi connectivity index (χ0) is 24.5. The minimum atomic E-state index is -3.84. The summed E-state index contributed by atoms with van der Waals surface area (Å²) in [5, 5.41) is 7.24. The Morgan fingerprint density at radius 1 is 0.912 bits per heavy atom. The van der Waals surface area contributed by atoms with Crippen molar-refractivity contribution in [3.05, 3.63) is 89.8 Å². The van der Waals surface area contributed by atoms with Crippen molar-refractivity contribution in [2.75, 3.05) is 0 Å². The van der Waals surface area contributed by atoms with Crippen LogP contribution in [-0.2, 0) is 15.6 Å². The summed E-state index contributed by atoms with van der Waals surface area (Å²) in [5.41, 5.74) is 0.967. The van der Waals surface area contributed by atoms with Gasteiger partial charge in [-0.05, 0) is 31.5 Å². The van der Waals surface area contributed by atoms with Crippen LogP contribution in [0.1, 0.15) is 37.0 Å². The summed E-state index contributed by atoms with van der Waals surface area (Å²) in [7, 11) is -3.84. The minimum Gasteiger partial charge on any atom is -0.272 e. The second kappa shape index (κ2) is 9.38. The number of para-hydroxylation sites is 1. The molecular formula is C24H23F2N5O2S. The van der Waals surface area contributed by atoms with Crippen molar-refractivity contribution in [1.29, 1.82) is 0 Å². The first kappa shape index (κ1) is 23.6. The van der Waals surface area contributed by atoms with Crippen LogP contribution >= 0.6 is 0 Å². The third-order valence-corrected chi connectivity index (χ3v) is 7.93. The van der Waals surface area contributed by atoms with Gasteiger partial charge in [-0.3, -0.25) is 4.57 Å². The molecule has 0 saturated carbocycles. The van der Waals surface area contributed by atoms with Gasteiger partial charge in [0, 0.05) is 23.9 Å². The minimum absolute atomic E-state index is 0.0910. The van der Waals surface area contributed by atoms with Crippen molar-refractivity contribution in [3.63, 3.8) is 0 Å². The first-order valence-electron chi connectivity index (χ1n) is 10.6. The third kappa shape index (κ3) is 4.58. The molecule has 2 heterocycles. The summed E-state index contributed by atoms with van der Waals surface area (Å²) in [6.45, 7) is 5.13. The molecule has 0 spiro atoms. The quantitative estimate of drug-likeness (QED) is 0.387. The zero-order valence-electron chi connectivity index (χ0n) is 18.9. The van der Waals surface area contributed by atoms with Gasteiger partial charge in [0.15, 0.2) is 21.5 Å². The predicted molar refractivity (Wildman–Crippen MR) is 124 cm³/mol. The molecule has 176 valence electrons. The van der Waals surface area contributed by atoms with Crippen LogP contribution in [-0.4, -0.2) is 38.4 Å².